The minimum Gasteiger partial charge on any atom is -0.309 e. The zero-order valence-corrected chi connectivity index (χ0v) is 12.5. The summed E-state index contributed by atoms with van der Waals surface area (Å²) in [7, 11) is 1.82. The molecule has 0 aliphatic carbocycles. The highest BCUT2D eigenvalue weighted by atomic mass is 127. The average Bonchev–Trinajstić information content (AvgIpc) is 2.35. The summed E-state index contributed by atoms with van der Waals surface area (Å²) in [6.45, 7) is 0. The van der Waals surface area contributed by atoms with E-state index in [9.17, 15) is 4.39 Å². The Balaban J connectivity index is 2.42. The van der Waals surface area contributed by atoms with E-state index < -0.39 is 0 Å². The van der Waals surface area contributed by atoms with Gasteiger partial charge in [0.25, 0.3) is 0 Å². The van der Waals surface area contributed by atoms with Crippen LogP contribution in [0.2, 0.25) is 5.02 Å². The summed E-state index contributed by atoms with van der Waals surface area (Å²) in [5, 5.41) is 3.83. The van der Waals surface area contributed by atoms with Crippen LogP contribution in [0.5, 0.6) is 0 Å². The maximum Gasteiger partial charge on any atom is 0.141 e. The third-order valence-electron chi connectivity index (χ3n) is 2.63. The Bertz CT molecular complexity index is 562. The van der Waals surface area contributed by atoms with E-state index in [4.69, 9.17) is 11.6 Å². The Morgan fingerprint density at radius 3 is 2.67 bits per heavy atom. The van der Waals surface area contributed by atoms with Crippen molar-refractivity contribution in [2.45, 2.75) is 6.04 Å². The summed E-state index contributed by atoms with van der Waals surface area (Å²) in [5.41, 5.74) is 1.75. The molecule has 18 heavy (non-hydrogen) atoms. The van der Waals surface area contributed by atoms with Crippen molar-refractivity contribution in [2.24, 2.45) is 0 Å². The number of rotatable bonds is 3. The van der Waals surface area contributed by atoms with Gasteiger partial charge in [-0.1, -0.05) is 17.7 Å². The van der Waals surface area contributed by atoms with Gasteiger partial charge in [-0.3, -0.25) is 4.98 Å². The summed E-state index contributed by atoms with van der Waals surface area (Å²) < 4.78 is 14.2. The van der Waals surface area contributed by atoms with Gasteiger partial charge < -0.3 is 5.32 Å². The van der Waals surface area contributed by atoms with Crippen LogP contribution in [-0.4, -0.2) is 12.0 Å². The second-order valence-electron chi connectivity index (χ2n) is 3.83. The van der Waals surface area contributed by atoms with Gasteiger partial charge in [-0.25, -0.2) is 4.39 Å². The molecule has 0 aliphatic heterocycles. The Kier molecular flexibility index (Phi) is 4.53. The number of benzene rings is 1. The molecule has 1 heterocycles. The summed E-state index contributed by atoms with van der Waals surface area (Å²) >= 11 is 8.28. The largest absolute Gasteiger partial charge is 0.309 e. The van der Waals surface area contributed by atoms with Gasteiger partial charge in [0.1, 0.15) is 5.82 Å². The number of halogens is 3. The van der Waals surface area contributed by atoms with Crippen molar-refractivity contribution in [1.82, 2.24) is 10.3 Å². The third-order valence-corrected chi connectivity index (χ3v) is 4.20. The minimum absolute atomic E-state index is 0.123. The third kappa shape index (κ3) is 2.99. The van der Waals surface area contributed by atoms with Gasteiger partial charge >= 0.3 is 0 Å². The van der Waals surface area contributed by atoms with Crippen molar-refractivity contribution in [2.75, 3.05) is 7.05 Å². The van der Waals surface area contributed by atoms with Gasteiger partial charge in [-0.2, -0.15) is 0 Å². The fraction of sp³-hybridized carbons (Fsp3) is 0.154. The molecule has 0 radical (unpaired) electrons. The van der Waals surface area contributed by atoms with Crippen molar-refractivity contribution >= 4 is 34.2 Å². The summed E-state index contributed by atoms with van der Waals surface area (Å²) in [6.07, 6.45) is 2.84. The molecule has 0 saturated heterocycles. The molecule has 0 saturated carbocycles. The molecule has 0 aliphatic rings. The summed E-state index contributed by atoms with van der Waals surface area (Å²) in [6, 6.07) is 7.15. The maximum absolute atomic E-state index is 13.2. The highest BCUT2D eigenvalue weighted by molar-refractivity contribution is 14.1. The lowest BCUT2D eigenvalue weighted by Crippen LogP contribution is -2.18. The van der Waals surface area contributed by atoms with E-state index in [-0.39, 0.29) is 11.9 Å². The predicted octanol–water partition coefficient (Wildman–Crippen LogP) is 3.79. The van der Waals surface area contributed by atoms with Crippen molar-refractivity contribution in [1.29, 1.82) is 0 Å². The first-order valence-corrected chi connectivity index (χ1v) is 6.80. The van der Waals surface area contributed by atoms with E-state index in [1.165, 1.54) is 12.3 Å². The van der Waals surface area contributed by atoms with E-state index in [1.807, 2.05) is 25.2 Å². The van der Waals surface area contributed by atoms with Crippen molar-refractivity contribution in [3.63, 3.8) is 0 Å². The predicted molar refractivity (Wildman–Crippen MR) is 79.3 cm³/mol. The molecule has 0 fully saturated rings. The molecule has 2 aromatic rings. The zero-order chi connectivity index (χ0) is 13.1. The lowest BCUT2D eigenvalue weighted by molar-refractivity contribution is 0.608. The van der Waals surface area contributed by atoms with Gasteiger partial charge in [-0.15, -0.1) is 0 Å². The van der Waals surface area contributed by atoms with Crippen LogP contribution < -0.4 is 5.32 Å². The second kappa shape index (κ2) is 5.95. The molecular weight excluding hydrogens is 366 g/mol. The van der Waals surface area contributed by atoms with E-state index in [1.54, 1.807) is 6.20 Å². The highest BCUT2D eigenvalue weighted by Crippen LogP contribution is 2.27. The van der Waals surface area contributed by atoms with Gasteiger partial charge in [0, 0.05) is 9.77 Å². The van der Waals surface area contributed by atoms with Gasteiger partial charge in [0.2, 0.25) is 0 Å². The normalized spacial score (nSPS) is 12.4. The number of aromatic nitrogens is 1. The first-order chi connectivity index (χ1) is 8.61. The van der Waals surface area contributed by atoms with Crippen molar-refractivity contribution < 1.29 is 4.39 Å². The van der Waals surface area contributed by atoms with Crippen LogP contribution in [0.3, 0.4) is 0 Å². The number of pyridine rings is 1. The van der Waals surface area contributed by atoms with Crippen LogP contribution >= 0.6 is 34.2 Å². The fourth-order valence-electron chi connectivity index (χ4n) is 1.80. The van der Waals surface area contributed by atoms with Crippen molar-refractivity contribution in [3.8, 4) is 0 Å². The summed E-state index contributed by atoms with van der Waals surface area (Å²) in [5.74, 6) is -0.343. The molecule has 1 aromatic carbocycles. The molecule has 2 nitrogen and oxygen atoms in total. The monoisotopic (exact) mass is 376 g/mol. The molecule has 1 atom stereocenters. The van der Waals surface area contributed by atoms with Crippen LogP contribution in [-0.2, 0) is 0 Å². The van der Waals surface area contributed by atoms with E-state index in [0.29, 0.717) is 5.02 Å². The molecule has 0 amide bonds. The topological polar surface area (TPSA) is 24.9 Å². The number of hydrogen-bond donors (Lipinski definition) is 1. The zero-order valence-electron chi connectivity index (χ0n) is 9.62. The molecule has 94 valence electrons. The lowest BCUT2D eigenvalue weighted by Gasteiger charge is -2.17. The molecule has 1 unspecified atom stereocenters. The summed E-state index contributed by atoms with van der Waals surface area (Å²) in [4.78, 5) is 3.87. The van der Waals surface area contributed by atoms with Crippen LogP contribution in [0.4, 0.5) is 4.39 Å². The van der Waals surface area contributed by atoms with Gasteiger partial charge in [-0.05, 0) is 59.0 Å². The maximum atomic E-state index is 13.2. The second-order valence-corrected chi connectivity index (χ2v) is 5.40. The fourth-order valence-corrected chi connectivity index (χ4v) is 2.33. The molecule has 1 N–H and O–H groups in total. The number of nitrogens with one attached hydrogen (secondary N) is 1. The van der Waals surface area contributed by atoms with Gasteiger partial charge in [0.05, 0.1) is 17.3 Å². The first kappa shape index (κ1) is 13.7. The smallest absolute Gasteiger partial charge is 0.141 e. The van der Waals surface area contributed by atoms with Gasteiger partial charge in [0.15, 0.2) is 0 Å². The number of hydrogen-bond acceptors (Lipinski definition) is 2. The first-order valence-electron chi connectivity index (χ1n) is 5.34. The minimum atomic E-state index is -0.343. The molecule has 1 aromatic heterocycles. The van der Waals surface area contributed by atoms with Crippen LogP contribution in [0.1, 0.15) is 17.2 Å². The van der Waals surface area contributed by atoms with E-state index in [0.717, 1.165) is 14.7 Å². The Morgan fingerprint density at radius 2 is 2.06 bits per heavy atom. The molecule has 5 heteroatoms. The quantitative estimate of drug-likeness (QED) is 0.825. The average molecular weight is 377 g/mol. The molecular formula is C13H11ClFIN2. The van der Waals surface area contributed by atoms with E-state index in [2.05, 4.69) is 32.9 Å². The molecule has 2 rings (SSSR count). The highest BCUT2D eigenvalue weighted by Gasteiger charge is 2.14. The Hall–Kier alpha value is -0.720. The van der Waals surface area contributed by atoms with Crippen LogP contribution in [0.15, 0.2) is 36.7 Å². The Labute approximate surface area is 124 Å². The Morgan fingerprint density at radius 1 is 1.28 bits per heavy atom. The van der Waals surface area contributed by atoms with Crippen molar-refractivity contribution in [3.05, 3.63) is 62.2 Å². The van der Waals surface area contributed by atoms with Crippen LogP contribution in [0.25, 0.3) is 0 Å². The van der Waals surface area contributed by atoms with Crippen LogP contribution in [0, 0.1) is 9.39 Å². The lowest BCUT2D eigenvalue weighted by atomic mass is 10.0. The molecule has 0 bridgehead atoms. The standard InChI is InChI=1S/C13H11ClFIN2/c1-17-13(9-4-10(15)7-18-6-9)8-2-3-12(16)11(14)5-8/h2-7,13,17H,1H3. The SMILES string of the molecule is CNC(c1cncc(F)c1)c1ccc(I)c(Cl)c1. The molecule has 0 spiro atoms. The number of nitrogens with zero attached hydrogens (tertiary/aromatic N) is 1. The van der Waals surface area contributed by atoms with E-state index >= 15 is 0 Å².